The van der Waals surface area contributed by atoms with E-state index in [-0.39, 0.29) is 5.56 Å². The fourth-order valence-electron chi connectivity index (χ4n) is 4.38. The van der Waals surface area contributed by atoms with Gasteiger partial charge in [-0.1, -0.05) is 42.5 Å². The molecule has 1 aliphatic heterocycles. The average Bonchev–Trinajstić information content (AvgIpc) is 3.25. The number of carbonyl (C=O) groups is 3. The monoisotopic (exact) mass is 432 g/mol. The highest BCUT2D eigenvalue weighted by Crippen LogP contribution is 2.37. The molecule has 1 aliphatic carbocycles. The summed E-state index contributed by atoms with van der Waals surface area (Å²) in [5, 5.41) is 2.50. The van der Waals surface area contributed by atoms with E-state index in [0.717, 1.165) is 40.1 Å². The average molecular weight is 432 g/mol. The number of benzene rings is 3. The Morgan fingerprint density at radius 2 is 1.72 bits per heavy atom. The predicted octanol–water partition coefficient (Wildman–Crippen LogP) is 4.19. The first-order chi connectivity index (χ1) is 15.3. The van der Waals surface area contributed by atoms with Gasteiger partial charge in [-0.2, -0.15) is 0 Å². The van der Waals surface area contributed by atoms with Gasteiger partial charge in [0.05, 0.1) is 6.54 Å². The molecule has 3 amide bonds. The van der Waals surface area contributed by atoms with Gasteiger partial charge in [-0.15, -0.1) is 0 Å². The number of amides is 3. The zero-order chi connectivity index (χ0) is 22.6. The molecule has 3 aromatic carbocycles. The highest BCUT2D eigenvalue weighted by atomic mass is 19.2. The molecule has 1 N–H and O–H groups in total. The summed E-state index contributed by atoms with van der Waals surface area (Å²) in [6.07, 6.45) is 0.791. The minimum Gasteiger partial charge on any atom is -0.319 e. The van der Waals surface area contributed by atoms with Gasteiger partial charge in [-0.3, -0.25) is 14.5 Å². The number of ketones is 1. The minimum atomic E-state index is -1.59. The Morgan fingerprint density at radius 3 is 2.50 bits per heavy atom. The van der Waals surface area contributed by atoms with Crippen LogP contribution in [-0.4, -0.2) is 29.2 Å². The molecular formula is C25H18F2N2O3. The van der Waals surface area contributed by atoms with Crippen LogP contribution in [-0.2, 0) is 16.8 Å². The van der Waals surface area contributed by atoms with Crippen LogP contribution < -0.4 is 5.32 Å². The summed E-state index contributed by atoms with van der Waals surface area (Å²) < 4.78 is 27.0. The number of rotatable bonds is 4. The molecule has 5 nitrogen and oxygen atoms in total. The molecular weight excluding hydrogens is 414 g/mol. The van der Waals surface area contributed by atoms with Crippen LogP contribution in [0.5, 0.6) is 0 Å². The number of hydrogen-bond donors (Lipinski definition) is 1. The molecule has 160 valence electrons. The summed E-state index contributed by atoms with van der Waals surface area (Å²) in [6.45, 7) is 0.946. The highest BCUT2D eigenvalue weighted by Gasteiger charge is 2.49. The van der Waals surface area contributed by atoms with Gasteiger partial charge >= 0.3 is 6.03 Å². The first kappa shape index (κ1) is 20.1. The lowest BCUT2D eigenvalue weighted by atomic mass is 9.92. The third-order valence-electron chi connectivity index (χ3n) is 6.19. The Kier molecular flexibility index (Phi) is 4.44. The number of halogens is 2. The maximum absolute atomic E-state index is 13.7. The van der Waals surface area contributed by atoms with Gasteiger partial charge < -0.3 is 5.32 Å². The van der Waals surface area contributed by atoms with Crippen LogP contribution in [0.15, 0.2) is 60.7 Å². The normalized spacial score (nSPS) is 19.0. The van der Waals surface area contributed by atoms with Crippen LogP contribution in [0, 0.1) is 11.6 Å². The van der Waals surface area contributed by atoms with Crippen molar-refractivity contribution in [3.05, 3.63) is 94.6 Å². The molecule has 2 aliphatic rings. The van der Waals surface area contributed by atoms with Gasteiger partial charge in [0.1, 0.15) is 5.54 Å². The van der Waals surface area contributed by atoms with E-state index in [1.54, 1.807) is 12.1 Å². The number of Topliss-reactive ketones (excluding diaryl/α,β-unsaturated/α-hetero) is 1. The predicted molar refractivity (Wildman–Crippen MR) is 113 cm³/mol. The molecule has 1 atom stereocenters. The molecule has 1 fully saturated rings. The second kappa shape index (κ2) is 7.09. The molecule has 0 bridgehead atoms. The molecule has 0 radical (unpaired) electrons. The first-order valence-corrected chi connectivity index (χ1v) is 10.1. The molecule has 1 unspecified atom stereocenters. The van der Waals surface area contributed by atoms with Crippen molar-refractivity contribution in [2.24, 2.45) is 0 Å². The number of fused-ring (bicyclic) bond motifs is 3. The van der Waals surface area contributed by atoms with Crippen LogP contribution >= 0.6 is 0 Å². The van der Waals surface area contributed by atoms with E-state index in [4.69, 9.17) is 0 Å². The smallest absolute Gasteiger partial charge is 0.319 e. The lowest BCUT2D eigenvalue weighted by Gasteiger charge is -2.22. The molecule has 0 saturated carbocycles. The Morgan fingerprint density at radius 1 is 0.969 bits per heavy atom. The number of nitrogens with one attached hydrogen (secondary N) is 1. The fraction of sp³-hybridized carbons (Fsp3) is 0.160. The van der Waals surface area contributed by atoms with Crippen molar-refractivity contribution in [3.8, 4) is 11.1 Å². The topological polar surface area (TPSA) is 66.5 Å². The van der Waals surface area contributed by atoms with Crippen molar-refractivity contribution >= 4 is 17.7 Å². The van der Waals surface area contributed by atoms with Gasteiger partial charge in [-0.05, 0) is 59.4 Å². The van der Waals surface area contributed by atoms with E-state index in [0.29, 0.717) is 5.56 Å². The number of urea groups is 1. The molecule has 0 spiro atoms. The van der Waals surface area contributed by atoms with E-state index in [2.05, 4.69) is 5.32 Å². The summed E-state index contributed by atoms with van der Waals surface area (Å²) in [4.78, 5) is 39.3. The minimum absolute atomic E-state index is 0.0961. The van der Waals surface area contributed by atoms with Crippen LogP contribution in [0.4, 0.5) is 13.6 Å². The van der Waals surface area contributed by atoms with Crippen molar-refractivity contribution in [2.45, 2.75) is 18.9 Å². The molecule has 1 heterocycles. The number of nitrogens with zero attached hydrogens (tertiary/aromatic N) is 1. The molecule has 1 saturated heterocycles. The van der Waals surface area contributed by atoms with E-state index < -0.39 is 41.4 Å². The quantitative estimate of drug-likeness (QED) is 0.389. The molecule has 0 aromatic heterocycles. The SMILES string of the molecule is CC1(c2ccc(F)c(F)c2)NC(=O)N(CC(=O)c2ccc3c(c2)-c2ccccc2C3)C1=O. The standard InChI is InChI=1S/C25H18F2N2O3/c1-25(17-8-9-20(26)21(27)12-17)23(31)29(24(32)28-25)13-22(30)16-7-6-15-10-14-4-2-3-5-18(14)19(15)11-16/h2-9,11-12H,10,13H2,1H3,(H,28,32). The number of hydrogen-bond acceptors (Lipinski definition) is 3. The van der Waals surface area contributed by atoms with Crippen LogP contribution in [0.3, 0.4) is 0 Å². The maximum Gasteiger partial charge on any atom is 0.325 e. The summed E-state index contributed by atoms with van der Waals surface area (Å²) in [7, 11) is 0. The zero-order valence-electron chi connectivity index (χ0n) is 17.1. The molecule has 32 heavy (non-hydrogen) atoms. The third kappa shape index (κ3) is 3.00. The Balaban J connectivity index is 1.40. The highest BCUT2D eigenvalue weighted by molar-refractivity contribution is 6.11. The lowest BCUT2D eigenvalue weighted by Crippen LogP contribution is -2.41. The number of carbonyl (C=O) groups excluding carboxylic acids is 3. The van der Waals surface area contributed by atoms with E-state index in [1.807, 2.05) is 30.3 Å². The summed E-state index contributed by atoms with van der Waals surface area (Å²) in [6, 6.07) is 15.6. The number of imide groups is 1. The van der Waals surface area contributed by atoms with Crippen molar-refractivity contribution in [3.63, 3.8) is 0 Å². The lowest BCUT2D eigenvalue weighted by molar-refractivity contribution is -0.130. The third-order valence-corrected chi connectivity index (χ3v) is 6.19. The van der Waals surface area contributed by atoms with E-state index in [1.165, 1.54) is 18.6 Å². The largest absolute Gasteiger partial charge is 0.325 e. The Labute approximate surface area is 182 Å². The van der Waals surface area contributed by atoms with Gasteiger partial charge in [-0.25, -0.2) is 13.6 Å². The van der Waals surface area contributed by atoms with E-state index in [9.17, 15) is 23.2 Å². The van der Waals surface area contributed by atoms with Crippen LogP contribution in [0.1, 0.15) is 34.0 Å². The summed E-state index contributed by atoms with van der Waals surface area (Å²) in [5.74, 6) is -3.28. The van der Waals surface area contributed by atoms with Crippen molar-refractivity contribution in [1.29, 1.82) is 0 Å². The first-order valence-electron chi connectivity index (χ1n) is 10.1. The second-order valence-electron chi connectivity index (χ2n) is 8.20. The van der Waals surface area contributed by atoms with Gasteiger partial charge in [0, 0.05) is 5.56 Å². The molecule has 3 aromatic rings. The van der Waals surface area contributed by atoms with Crippen molar-refractivity contribution in [2.75, 3.05) is 6.54 Å². The van der Waals surface area contributed by atoms with Crippen LogP contribution in [0.25, 0.3) is 11.1 Å². The van der Waals surface area contributed by atoms with Crippen LogP contribution in [0.2, 0.25) is 0 Å². The summed E-state index contributed by atoms with van der Waals surface area (Å²) in [5.41, 5.74) is 3.23. The van der Waals surface area contributed by atoms with Crippen molar-refractivity contribution in [1.82, 2.24) is 10.2 Å². The Hall–Kier alpha value is -3.87. The van der Waals surface area contributed by atoms with E-state index >= 15 is 0 Å². The van der Waals surface area contributed by atoms with Crippen molar-refractivity contribution < 1.29 is 23.2 Å². The molecule has 5 rings (SSSR count). The molecule has 7 heteroatoms. The second-order valence-corrected chi connectivity index (χ2v) is 8.20. The van der Waals surface area contributed by atoms with Gasteiger partial charge in [0.2, 0.25) is 0 Å². The van der Waals surface area contributed by atoms with Gasteiger partial charge in [0.15, 0.2) is 17.4 Å². The summed E-state index contributed by atoms with van der Waals surface area (Å²) >= 11 is 0. The Bertz CT molecular complexity index is 1320. The van der Waals surface area contributed by atoms with Gasteiger partial charge in [0.25, 0.3) is 5.91 Å². The zero-order valence-corrected chi connectivity index (χ0v) is 17.1. The fourth-order valence-corrected chi connectivity index (χ4v) is 4.38. The maximum atomic E-state index is 13.7.